The molecule has 2 aliphatic rings. The van der Waals surface area contributed by atoms with Gasteiger partial charge in [0.2, 0.25) is 0 Å². The molecule has 0 amide bonds. The lowest BCUT2D eigenvalue weighted by Crippen LogP contribution is -2.47. The molecule has 2 rings (SSSR count). The summed E-state index contributed by atoms with van der Waals surface area (Å²) >= 11 is 0. The summed E-state index contributed by atoms with van der Waals surface area (Å²) in [6.07, 6.45) is 6.25. The molecule has 1 heterocycles. The molecule has 0 unspecified atom stereocenters. The summed E-state index contributed by atoms with van der Waals surface area (Å²) in [6, 6.07) is 0.672. The molecule has 1 aliphatic heterocycles. The molecular weight excluding hydrogens is 228 g/mol. The van der Waals surface area contributed by atoms with Crippen LogP contribution in [-0.2, 0) is 4.79 Å². The predicted octanol–water partition coefficient (Wildman–Crippen LogP) is 1.66. The first kappa shape index (κ1) is 13.8. The van der Waals surface area contributed by atoms with Crippen molar-refractivity contribution in [3.05, 3.63) is 0 Å². The fourth-order valence-electron chi connectivity index (χ4n) is 3.51. The van der Waals surface area contributed by atoms with Crippen LogP contribution in [0.1, 0.15) is 38.5 Å². The van der Waals surface area contributed by atoms with Gasteiger partial charge in [0.25, 0.3) is 0 Å². The lowest BCUT2D eigenvalue weighted by Gasteiger charge is -2.38. The number of carboxylic acids is 1. The van der Waals surface area contributed by atoms with Crippen LogP contribution in [-0.4, -0.2) is 60.6 Å². The van der Waals surface area contributed by atoms with Gasteiger partial charge in [-0.2, -0.15) is 0 Å². The Labute approximate surface area is 110 Å². The Kier molecular flexibility index (Phi) is 4.28. The molecule has 4 nitrogen and oxygen atoms in total. The molecule has 1 aliphatic carbocycles. The Bertz CT molecular complexity index is 290. The van der Waals surface area contributed by atoms with Crippen molar-refractivity contribution in [2.75, 3.05) is 33.7 Å². The van der Waals surface area contributed by atoms with Crippen LogP contribution in [0.25, 0.3) is 0 Å². The van der Waals surface area contributed by atoms with Gasteiger partial charge in [-0.25, -0.2) is 0 Å². The van der Waals surface area contributed by atoms with Crippen molar-refractivity contribution in [2.45, 2.75) is 44.6 Å². The molecule has 18 heavy (non-hydrogen) atoms. The van der Waals surface area contributed by atoms with Gasteiger partial charge in [-0.15, -0.1) is 0 Å². The van der Waals surface area contributed by atoms with E-state index in [0.717, 1.165) is 45.3 Å². The summed E-state index contributed by atoms with van der Waals surface area (Å²) in [4.78, 5) is 16.2. The van der Waals surface area contributed by atoms with Crippen LogP contribution in [0.5, 0.6) is 0 Å². The van der Waals surface area contributed by atoms with Crippen molar-refractivity contribution in [1.29, 1.82) is 0 Å². The highest BCUT2D eigenvalue weighted by Crippen LogP contribution is 2.39. The van der Waals surface area contributed by atoms with E-state index in [0.29, 0.717) is 6.04 Å². The van der Waals surface area contributed by atoms with Crippen LogP contribution in [0, 0.1) is 5.41 Å². The second-order valence-electron chi connectivity index (χ2n) is 6.26. The topological polar surface area (TPSA) is 43.8 Å². The largest absolute Gasteiger partial charge is 0.481 e. The molecular formula is C14H26N2O2. The number of aliphatic carboxylic acids is 1. The zero-order valence-corrected chi connectivity index (χ0v) is 11.7. The number of piperidine rings is 1. The average Bonchev–Trinajstić information content (AvgIpc) is 2.79. The normalized spacial score (nSPS) is 25.7. The molecule has 0 radical (unpaired) electrons. The first-order valence-corrected chi connectivity index (χ1v) is 7.16. The third-order valence-corrected chi connectivity index (χ3v) is 4.83. The second-order valence-corrected chi connectivity index (χ2v) is 6.26. The van der Waals surface area contributed by atoms with Gasteiger partial charge in [0.1, 0.15) is 0 Å². The van der Waals surface area contributed by atoms with E-state index in [1.54, 1.807) is 0 Å². The quantitative estimate of drug-likeness (QED) is 0.828. The fraction of sp³-hybridized carbons (Fsp3) is 0.929. The van der Waals surface area contributed by atoms with E-state index in [-0.39, 0.29) is 0 Å². The van der Waals surface area contributed by atoms with E-state index < -0.39 is 11.4 Å². The van der Waals surface area contributed by atoms with Crippen LogP contribution < -0.4 is 0 Å². The highest BCUT2D eigenvalue weighted by atomic mass is 16.4. The molecule has 0 bridgehead atoms. The molecule has 0 atom stereocenters. The highest BCUT2D eigenvalue weighted by Gasteiger charge is 2.42. The molecule has 0 aromatic carbocycles. The van der Waals surface area contributed by atoms with E-state index >= 15 is 0 Å². The molecule has 1 N–H and O–H groups in total. The lowest BCUT2D eigenvalue weighted by atomic mass is 9.85. The Morgan fingerprint density at radius 3 is 2.28 bits per heavy atom. The molecule has 0 aromatic heterocycles. The standard InChI is InChI=1S/C14H26N2O2/c1-15(2)12-5-9-16(10-6-12)11-14(13(17)18)7-3-4-8-14/h12H,3-11H2,1-2H3,(H,17,18). The number of carboxylic acid groups (broad SMARTS) is 1. The van der Waals surface area contributed by atoms with E-state index in [4.69, 9.17) is 0 Å². The van der Waals surface area contributed by atoms with Crippen LogP contribution in [0.3, 0.4) is 0 Å². The number of hydrogen-bond acceptors (Lipinski definition) is 3. The molecule has 2 fully saturated rings. The molecule has 0 aromatic rings. The third kappa shape index (κ3) is 2.86. The number of carbonyl (C=O) groups is 1. The van der Waals surface area contributed by atoms with Gasteiger partial charge in [-0.3, -0.25) is 4.79 Å². The fourth-order valence-corrected chi connectivity index (χ4v) is 3.51. The van der Waals surface area contributed by atoms with Crippen LogP contribution >= 0.6 is 0 Å². The predicted molar refractivity (Wildman–Crippen MR) is 71.7 cm³/mol. The van der Waals surface area contributed by atoms with Gasteiger partial charge in [0.15, 0.2) is 0 Å². The van der Waals surface area contributed by atoms with Gasteiger partial charge >= 0.3 is 5.97 Å². The van der Waals surface area contributed by atoms with Gasteiger partial charge in [-0.1, -0.05) is 12.8 Å². The lowest BCUT2D eigenvalue weighted by molar-refractivity contribution is -0.150. The molecule has 1 saturated heterocycles. The maximum absolute atomic E-state index is 11.5. The van der Waals surface area contributed by atoms with Crippen molar-refractivity contribution in [1.82, 2.24) is 9.80 Å². The Morgan fingerprint density at radius 1 is 1.28 bits per heavy atom. The second kappa shape index (κ2) is 5.57. The molecule has 0 spiro atoms. The van der Waals surface area contributed by atoms with Gasteiger partial charge < -0.3 is 14.9 Å². The highest BCUT2D eigenvalue weighted by molar-refractivity contribution is 5.75. The zero-order valence-electron chi connectivity index (χ0n) is 11.7. The zero-order chi connectivity index (χ0) is 13.2. The maximum Gasteiger partial charge on any atom is 0.310 e. The first-order chi connectivity index (χ1) is 8.53. The van der Waals surface area contributed by atoms with Crippen molar-refractivity contribution in [2.24, 2.45) is 5.41 Å². The van der Waals surface area contributed by atoms with Crippen molar-refractivity contribution >= 4 is 5.97 Å². The maximum atomic E-state index is 11.5. The van der Waals surface area contributed by atoms with Gasteiger partial charge in [-0.05, 0) is 52.9 Å². The number of nitrogens with zero attached hydrogens (tertiary/aromatic N) is 2. The smallest absolute Gasteiger partial charge is 0.310 e. The minimum atomic E-state index is -0.574. The van der Waals surface area contributed by atoms with Crippen molar-refractivity contribution in [3.8, 4) is 0 Å². The van der Waals surface area contributed by atoms with Crippen LogP contribution in [0.2, 0.25) is 0 Å². The summed E-state index contributed by atoms with van der Waals surface area (Å²) in [5.41, 5.74) is -0.440. The SMILES string of the molecule is CN(C)C1CCN(CC2(C(=O)O)CCCC2)CC1. The third-order valence-electron chi connectivity index (χ3n) is 4.83. The molecule has 104 valence electrons. The molecule has 4 heteroatoms. The minimum absolute atomic E-state index is 0.440. The summed E-state index contributed by atoms with van der Waals surface area (Å²) in [7, 11) is 4.27. The average molecular weight is 254 g/mol. The Balaban J connectivity index is 1.88. The number of hydrogen-bond donors (Lipinski definition) is 1. The van der Waals surface area contributed by atoms with E-state index in [9.17, 15) is 9.90 Å². The summed E-state index contributed by atoms with van der Waals surface area (Å²) in [5, 5.41) is 9.50. The minimum Gasteiger partial charge on any atom is -0.481 e. The molecule has 1 saturated carbocycles. The van der Waals surface area contributed by atoms with Crippen molar-refractivity contribution in [3.63, 3.8) is 0 Å². The summed E-state index contributed by atoms with van der Waals surface area (Å²) in [5.74, 6) is -0.574. The number of rotatable bonds is 4. The summed E-state index contributed by atoms with van der Waals surface area (Å²) < 4.78 is 0. The Hall–Kier alpha value is -0.610. The first-order valence-electron chi connectivity index (χ1n) is 7.16. The van der Waals surface area contributed by atoms with Crippen LogP contribution in [0.15, 0.2) is 0 Å². The number of likely N-dealkylation sites (tertiary alicyclic amines) is 1. The van der Waals surface area contributed by atoms with E-state index in [1.807, 2.05) is 0 Å². The summed E-state index contributed by atoms with van der Waals surface area (Å²) in [6.45, 7) is 2.87. The van der Waals surface area contributed by atoms with Crippen molar-refractivity contribution < 1.29 is 9.90 Å². The van der Waals surface area contributed by atoms with Crippen LogP contribution in [0.4, 0.5) is 0 Å². The van der Waals surface area contributed by atoms with E-state index in [2.05, 4.69) is 23.9 Å². The van der Waals surface area contributed by atoms with Gasteiger partial charge in [0.05, 0.1) is 5.41 Å². The Morgan fingerprint density at radius 2 is 1.83 bits per heavy atom. The van der Waals surface area contributed by atoms with Gasteiger partial charge in [0, 0.05) is 12.6 Å². The van der Waals surface area contributed by atoms with E-state index in [1.165, 1.54) is 12.8 Å². The monoisotopic (exact) mass is 254 g/mol.